The molecule has 4 aliphatic carbocycles. The van der Waals surface area contributed by atoms with Crippen LogP contribution in [0.5, 0.6) is 0 Å². The third-order valence-corrected chi connectivity index (χ3v) is 11.6. The number of hydrogen-bond acceptors (Lipinski definition) is 8. The quantitative estimate of drug-likeness (QED) is 0.286. The number of rotatable bonds is 8. The molecule has 3 N–H and O–H groups in total. The topological polar surface area (TPSA) is 112 Å². The number of aliphatic hydroxyl groups is 1. The molecule has 3 aromatic rings. The van der Waals surface area contributed by atoms with Gasteiger partial charge in [0.1, 0.15) is 0 Å². The van der Waals surface area contributed by atoms with E-state index in [9.17, 15) is 9.90 Å². The molecule has 4 saturated carbocycles. The second kappa shape index (κ2) is 13.4. The molecule has 4 bridgehead atoms. The molecule has 10 heteroatoms. The summed E-state index contributed by atoms with van der Waals surface area (Å²) < 4.78 is 13.4. The van der Waals surface area contributed by atoms with Crippen molar-refractivity contribution in [2.45, 2.75) is 76.1 Å². The normalized spacial score (nSPS) is 33.0. The SMILES string of the molecule is C[C@@H]1[C@H](CN2CCN(c3ncccn3)CC2)O[C@H](c2ccc(NC(=O)NC34CC5CC(CC(C5)C3)C4)cc2)O[C@@H]1c1ccc(CO)cc1. The van der Waals surface area contributed by atoms with E-state index in [2.05, 4.69) is 49.5 Å². The fourth-order valence-corrected chi connectivity index (χ4v) is 9.56. The van der Waals surface area contributed by atoms with Crippen LogP contribution in [0, 0.1) is 23.7 Å². The van der Waals surface area contributed by atoms with Gasteiger partial charge >= 0.3 is 6.03 Å². The highest BCUT2D eigenvalue weighted by molar-refractivity contribution is 5.89. The van der Waals surface area contributed by atoms with Crippen LogP contribution in [0.4, 0.5) is 16.4 Å². The Morgan fingerprint density at radius 2 is 1.50 bits per heavy atom. The molecule has 0 radical (unpaired) electrons. The molecule has 2 aromatic carbocycles. The minimum absolute atomic E-state index is 0.0106. The monoisotopic (exact) mass is 652 g/mol. The molecule has 2 aliphatic heterocycles. The molecule has 254 valence electrons. The summed E-state index contributed by atoms with van der Waals surface area (Å²) in [5.74, 6) is 3.22. The number of carbonyl (C=O) groups is 1. The van der Waals surface area contributed by atoms with E-state index in [4.69, 9.17) is 9.47 Å². The lowest BCUT2D eigenvalue weighted by Crippen LogP contribution is -2.60. The maximum absolute atomic E-state index is 13.2. The number of nitrogens with zero attached hydrogens (tertiary/aromatic N) is 4. The summed E-state index contributed by atoms with van der Waals surface area (Å²) in [6.07, 6.45) is 10.2. The van der Waals surface area contributed by atoms with Gasteiger partial charge in [-0.05, 0) is 85.6 Å². The van der Waals surface area contributed by atoms with Crippen molar-refractivity contribution in [2.24, 2.45) is 23.7 Å². The third kappa shape index (κ3) is 6.68. The maximum atomic E-state index is 13.2. The number of aliphatic hydroxyl groups excluding tert-OH is 1. The van der Waals surface area contributed by atoms with Gasteiger partial charge in [-0.2, -0.15) is 0 Å². The van der Waals surface area contributed by atoms with Gasteiger partial charge in [-0.25, -0.2) is 14.8 Å². The predicted octanol–water partition coefficient (Wildman–Crippen LogP) is 5.67. The van der Waals surface area contributed by atoms with Gasteiger partial charge in [0.2, 0.25) is 5.95 Å². The zero-order valence-electron chi connectivity index (χ0n) is 27.8. The Balaban J connectivity index is 0.940. The summed E-state index contributed by atoms with van der Waals surface area (Å²) in [5, 5.41) is 16.1. The number of ether oxygens (including phenoxy) is 2. The van der Waals surface area contributed by atoms with E-state index in [0.717, 1.165) is 98.1 Å². The van der Waals surface area contributed by atoms with Crippen LogP contribution in [0.1, 0.15) is 74.5 Å². The first-order chi connectivity index (χ1) is 23.4. The fraction of sp³-hybridized carbons (Fsp3) is 0.553. The van der Waals surface area contributed by atoms with Gasteiger partial charge in [-0.3, -0.25) is 4.90 Å². The van der Waals surface area contributed by atoms with Gasteiger partial charge in [-0.15, -0.1) is 0 Å². The molecular formula is C38H48N6O4. The van der Waals surface area contributed by atoms with Crippen molar-refractivity contribution in [2.75, 3.05) is 42.9 Å². The molecule has 4 atom stereocenters. The molecule has 48 heavy (non-hydrogen) atoms. The van der Waals surface area contributed by atoms with Gasteiger partial charge in [0.15, 0.2) is 6.29 Å². The van der Waals surface area contributed by atoms with Crippen LogP contribution in [-0.2, 0) is 16.1 Å². The molecule has 6 fully saturated rings. The van der Waals surface area contributed by atoms with E-state index in [1.807, 2.05) is 42.5 Å². The Bertz CT molecular complexity index is 1510. The number of nitrogens with one attached hydrogen (secondary N) is 2. The first-order valence-electron chi connectivity index (χ1n) is 17.9. The zero-order chi connectivity index (χ0) is 32.7. The Hall–Kier alpha value is -3.57. The lowest BCUT2D eigenvalue weighted by atomic mass is 9.53. The van der Waals surface area contributed by atoms with E-state index in [0.29, 0.717) is 0 Å². The Morgan fingerprint density at radius 1 is 0.875 bits per heavy atom. The van der Waals surface area contributed by atoms with Crippen LogP contribution < -0.4 is 15.5 Å². The van der Waals surface area contributed by atoms with Crippen molar-refractivity contribution < 1.29 is 19.4 Å². The van der Waals surface area contributed by atoms with E-state index >= 15 is 0 Å². The maximum Gasteiger partial charge on any atom is 0.319 e. The van der Waals surface area contributed by atoms with Gasteiger partial charge < -0.3 is 30.1 Å². The zero-order valence-corrected chi connectivity index (χ0v) is 27.8. The number of anilines is 2. The highest BCUT2D eigenvalue weighted by atomic mass is 16.7. The molecule has 0 spiro atoms. The molecular weight excluding hydrogens is 604 g/mol. The Kier molecular flexibility index (Phi) is 8.83. The summed E-state index contributed by atoms with van der Waals surface area (Å²) in [7, 11) is 0. The average Bonchev–Trinajstić information content (AvgIpc) is 3.09. The summed E-state index contributed by atoms with van der Waals surface area (Å²) in [6.45, 7) is 6.53. The number of benzene rings is 2. The molecule has 1 aromatic heterocycles. The van der Waals surface area contributed by atoms with Crippen molar-refractivity contribution in [3.8, 4) is 0 Å². The number of amides is 2. The van der Waals surface area contributed by atoms with E-state index < -0.39 is 6.29 Å². The van der Waals surface area contributed by atoms with Crippen molar-refractivity contribution in [1.29, 1.82) is 0 Å². The Labute approximate surface area is 283 Å². The van der Waals surface area contributed by atoms with Gasteiger partial charge in [0.25, 0.3) is 0 Å². The third-order valence-electron chi connectivity index (χ3n) is 11.6. The highest BCUT2D eigenvalue weighted by Crippen LogP contribution is 2.55. The standard InChI is InChI=1S/C38H48N6O4/c1-25-33(23-43-13-15-44(16-14-43)36-39-11-2-12-40-36)47-35(48-34(25)30-5-3-26(24-45)4-6-30)31-7-9-32(10-8-31)41-37(46)42-38-20-27-17-28(21-38)19-29(18-27)22-38/h2-12,25,27-29,33-35,45H,13-24H2,1H3,(H2,41,42,46)/t25-,27?,28?,29?,33+,34+,35+,38?/m1/s1. The molecule has 10 nitrogen and oxygen atoms in total. The van der Waals surface area contributed by atoms with E-state index in [1.54, 1.807) is 12.4 Å². The number of hydrogen-bond donors (Lipinski definition) is 3. The number of urea groups is 1. The summed E-state index contributed by atoms with van der Waals surface area (Å²) >= 11 is 0. The first-order valence-corrected chi connectivity index (χ1v) is 17.9. The lowest BCUT2D eigenvalue weighted by molar-refractivity contribution is -0.276. The number of carbonyl (C=O) groups excluding carboxylic acids is 1. The van der Waals surface area contributed by atoms with E-state index in [1.165, 1.54) is 19.3 Å². The first kappa shape index (κ1) is 31.7. The van der Waals surface area contributed by atoms with Crippen molar-refractivity contribution in [1.82, 2.24) is 20.2 Å². The largest absolute Gasteiger partial charge is 0.392 e. The van der Waals surface area contributed by atoms with Crippen LogP contribution in [0.25, 0.3) is 0 Å². The minimum Gasteiger partial charge on any atom is -0.392 e. The molecule has 9 rings (SSSR count). The second-order valence-corrected chi connectivity index (χ2v) is 15.1. The predicted molar refractivity (Wildman–Crippen MR) is 183 cm³/mol. The molecule has 3 heterocycles. The summed E-state index contributed by atoms with van der Waals surface area (Å²) in [5.41, 5.74) is 3.60. The molecule has 2 amide bonds. The fourth-order valence-electron chi connectivity index (χ4n) is 9.56. The minimum atomic E-state index is -0.553. The lowest BCUT2D eigenvalue weighted by Gasteiger charge is -2.56. The average molecular weight is 653 g/mol. The number of aromatic nitrogens is 2. The van der Waals surface area contributed by atoms with Crippen molar-refractivity contribution in [3.05, 3.63) is 83.7 Å². The Morgan fingerprint density at radius 3 is 2.12 bits per heavy atom. The summed E-state index contributed by atoms with van der Waals surface area (Å²) in [4.78, 5) is 26.8. The van der Waals surface area contributed by atoms with Crippen LogP contribution in [0.3, 0.4) is 0 Å². The summed E-state index contributed by atoms with van der Waals surface area (Å²) in [6, 6.07) is 17.7. The molecule has 0 unspecified atom stereocenters. The van der Waals surface area contributed by atoms with Crippen LogP contribution in [0.15, 0.2) is 67.0 Å². The van der Waals surface area contributed by atoms with Gasteiger partial charge in [-0.1, -0.05) is 43.3 Å². The van der Waals surface area contributed by atoms with Crippen LogP contribution >= 0.6 is 0 Å². The second-order valence-electron chi connectivity index (χ2n) is 15.1. The molecule has 6 aliphatic rings. The number of piperazine rings is 1. The van der Waals surface area contributed by atoms with Gasteiger partial charge in [0, 0.05) is 67.8 Å². The van der Waals surface area contributed by atoms with Crippen LogP contribution in [0.2, 0.25) is 0 Å². The molecule has 2 saturated heterocycles. The highest BCUT2D eigenvalue weighted by Gasteiger charge is 2.51. The van der Waals surface area contributed by atoms with Crippen molar-refractivity contribution >= 4 is 17.7 Å². The van der Waals surface area contributed by atoms with Crippen LogP contribution in [-0.4, -0.2) is 70.4 Å². The van der Waals surface area contributed by atoms with Gasteiger partial charge in [0.05, 0.1) is 18.8 Å². The smallest absolute Gasteiger partial charge is 0.319 e. The van der Waals surface area contributed by atoms with Crippen molar-refractivity contribution in [3.63, 3.8) is 0 Å². The van der Waals surface area contributed by atoms with E-state index in [-0.39, 0.29) is 36.3 Å².